The van der Waals surface area contributed by atoms with Gasteiger partial charge in [0.25, 0.3) is 6.43 Å². The van der Waals surface area contributed by atoms with E-state index in [9.17, 15) is 13.2 Å². The van der Waals surface area contributed by atoms with E-state index in [2.05, 4.69) is 4.98 Å². The van der Waals surface area contributed by atoms with Gasteiger partial charge < -0.3 is 5.73 Å². The highest BCUT2D eigenvalue weighted by molar-refractivity contribution is 6.16. The molecule has 0 amide bonds. The van der Waals surface area contributed by atoms with Gasteiger partial charge in [0.1, 0.15) is 11.5 Å². The maximum atomic E-state index is 12.8. The molecule has 2 N–H and O–H groups in total. The van der Waals surface area contributed by atoms with Gasteiger partial charge in [0.2, 0.25) is 0 Å². The Morgan fingerprint density at radius 2 is 2.15 bits per heavy atom. The van der Waals surface area contributed by atoms with Crippen LogP contribution in [0.25, 0.3) is 0 Å². The van der Waals surface area contributed by atoms with Gasteiger partial charge in [-0.05, 0) is 6.07 Å². The fourth-order valence-electron chi connectivity index (χ4n) is 0.828. The van der Waals surface area contributed by atoms with Gasteiger partial charge in [0.15, 0.2) is 0 Å². The minimum atomic E-state index is -2.89. The predicted molar refractivity (Wildman–Crippen MR) is 43.1 cm³/mol. The summed E-state index contributed by atoms with van der Waals surface area (Å²) in [5.41, 5.74) is 3.72. The van der Waals surface area contributed by atoms with Gasteiger partial charge in [-0.15, -0.1) is 11.6 Å². The van der Waals surface area contributed by atoms with Crippen molar-refractivity contribution in [1.29, 1.82) is 0 Å². The zero-order valence-electron chi connectivity index (χ0n) is 6.40. The number of aromatic nitrogens is 1. The summed E-state index contributed by atoms with van der Waals surface area (Å²) in [7, 11) is 0. The highest BCUT2D eigenvalue weighted by Gasteiger charge is 2.17. The van der Waals surface area contributed by atoms with E-state index in [-0.39, 0.29) is 11.6 Å². The van der Waals surface area contributed by atoms with Gasteiger partial charge in [-0.1, -0.05) is 0 Å². The first kappa shape index (κ1) is 10.1. The Bertz CT molecular complexity index is 317. The lowest BCUT2D eigenvalue weighted by Gasteiger charge is -2.06. The third-order valence-electron chi connectivity index (χ3n) is 1.43. The number of pyridine rings is 1. The Kier molecular flexibility index (Phi) is 2.98. The molecule has 1 aromatic rings. The van der Waals surface area contributed by atoms with Gasteiger partial charge in [-0.3, -0.25) is 0 Å². The molecule has 0 bridgehead atoms. The molecule has 1 rings (SSSR count). The molecule has 0 fully saturated rings. The molecule has 0 saturated heterocycles. The number of hydrogen-bond donors (Lipinski definition) is 1. The zero-order chi connectivity index (χ0) is 10.0. The maximum Gasteiger partial charge on any atom is 0.282 e. The van der Waals surface area contributed by atoms with Crippen LogP contribution in [0.4, 0.5) is 18.9 Å². The monoisotopic (exact) mass is 210 g/mol. The molecule has 0 aromatic carbocycles. The topological polar surface area (TPSA) is 38.9 Å². The van der Waals surface area contributed by atoms with Crippen LogP contribution in [0, 0.1) is 5.82 Å². The lowest BCUT2D eigenvalue weighted by atomic mass is 10.2. The molecule has 0 unspecified atom stereocenters. The number of anilines is 1. The number of halogens is 4. The summed E-state index contributed by atoms with van der Waals surface area (Å²) < 4.78 is 37.2. The number of nitrogens with two attached hydrogens (primary N) is 1. The van der Waals surface area contributed by atoms with Crippen LogP contribution in [0.15, 0.2) is 6.07 Å². The van der Waals surface area contributed by atoms with E-state index in [0.29, 0.717) is 0 Å². The van der Waals surface area contributed by atoms with Crippen molar-refractivity contribution >= 4 is 17.3 Å². The van der Waals surface area contributed by atoms with Crippen LogP contribution in [0.5, 0.6) is 0 Å². The predicted octanol–water partition coefficient (Wildman–Crippen LogP) is 2.48. The van der Waals surface area contributed by atoms with Gasteiger partial charge in [0, 0.05) is 0 Å². The van der Waals surface area contributed by atoms with Crippen molar-refractivity contribution in [2.75, 3.05) is 5.73 Å². The van der Waals surface area contributed by atoms with E-state index in [4.69, 9.17) is 17.3 Å². The van der Waals surface area contributed by atoms with E-state index in [0.717, 1.165) is 6.07 Å². The normalized spacial score (nSPS) is 10.8. The summed E-state index contributed by atoms with van der Waals surface area (Å²) in [5, 5.41) is 0. The first-order chi connectivity index (χ1) is 6.06. The van der Waals surface area contributed by atoms with Crippen LogP contribution in [-0.4, -0.2) is 4.98 Å². The maximum absolute atomic E-state index is 12.8. The molecule has 1 heterocycles. The number of rotatable bonds is 2. The second-order valence-corrected chi connectivity index (χ2v) is 2.60. The van der Waals surface area contributed by atoms with Crippen LogP contribution in [0.2, 0.25) is 0 Å². The highest BCUT2D eigenvalue weighted by Crippen LogP contribution is 2.25. The Balaban J connectivity index is 3.25. The molecule has 0 aliphatic rings. The van der Waals surface area contributed by atoms with Crippen LogP contribution in [0.3, 0.4) is 0 Å². The Hall–Kier alpha value is -0.970. The summed E-state index contributed by atoms with van der Waals surface area (Å²) in [6.45, 7) is 0. The van der Waals surface area contributed by atoms with E-state index in [1.165, 1.54) is 0 Å². The summed E-state index contributed by atoms with van der Waals surface area (Å²) >= 11 is 5.31. The smallest absolute Gasteiger partial charge is 0.282 e. The molecule has 2 nitrogen and oxygen atoms in total. The summed E-state index contributed by atoms with van der Waals surface area (Å²) in [5.74, 6) is -1.04. The lowest BCUT2D eigenvalue weighted by molar-refractivity contribution is 0.146. The standard InChI is InChI=1S/C7H6ClF3N2/c8-2-3-1-4(9)5(12)6(13-3)7(10)11/h1,7H,2,12H2. The number of hydrogen-bond acceptors (Lipinski definition) is 2. The molecule has 0 spiro atoms. The van der Waals surface area contributed by atoms with Gasteiger partial charge >= 0.3 is 0 Å². The minimum absolute atomic E-state index is 0.0451. The number of nitrogen functional groups attached to an aromatic ring is 1. The summed E-state index contributed by atoms with van der Waals surface area (Å²) in [6.07, 6.45) is -2.89. The molecule has 0 atom stereocenters. The molecule has 6 heteroatoms. The Morgan fingerprint density at radius 3 is 2.62 bits per heavy atom. The molecular weight excluding hydrogens is 205 g/mol. The Labute approximate surface area is 77.5 Å². The van der Waals surface area contributed by atoms with Crippen molar-refractivity contribution in [2.24, 2.45) is 0 Å². The average Bonchev–Trinajstić information content (AvgIpc) is 2.09. The van der Waals surface area contributed by atoms with Crippen molar-refractivity contribution in [1.82, 2.24) is 4.98 Å². The highest BCUT2D eigenvalue weighted by atomic mass is 35.5. The zero-order valence-corrected chi connectivity index (χ0v) is 7.15. The molecule has 0 aliphatic carbocycles. The van der Waals surface area contributed by atoms with Gasteiger partial charge in [0.05, 0.1) is 17.3 Å². The van der Waals surface area contributed by atoms with Crippen LogP contribution < -0.4 is 5.73 Å². The molecular formula is C7H6ClF3N2. The second kappa shape index (κ2) is 3.83. The third kappa shape index (κ3) is 2.03. The largest absolute Gasteiger partial charge is 0.395 e. The van der Waals surface area contributed by atoms with Crippen LogP contribution in [-0.2, 0) is 5.88 Å². The molecule has 0 radical (unpaired) electrons. The van der Waals surface area contributed by atoms with Crippen LogP contribution >= 0.6 is 11.6 Å². The summed E-state index contributed by atoms with van der Waals surface area (Å²) in [4.78, 5) is 3.40. The minimum Gasteiger partial charge on any atom is -0.395 e. The quantitative estimate of drug-likeness (QED) is 0.762. The van der Waals surface area contributed by atoms with E-state index < -0.39 is 23.6 Å². The number of nitrogens with zero attached hydrogens (tertiary/aromatic N) is 1. The average molecular weight is 211 g/mol. The van der Waals surface area contributed by atoms with Crippen molar-refractivity contribution < 1.29 is 13.2 Å². The molecule has 13 heavy (non-hydrogen) atoms. The van der Waals surface area contributed by atoms with E-state index >= 15 is 0 Å². The van der Waals surface area contributed by atoms with Crippen molar-refractivity contribution in [3.63, 3.8) is 0 Å². The van der Waals surface area contributed by atoms with Crippen molar-refractivity contribution in [2.45, 2.75) is 12.3 Å². The summed E-state index contributed by atoms with van der Waals surface area (Å²) in [6, 6.07) is 0.939. The fourth-order valence-corrected chi connectivity index (χ4v) is 0.965. The van der Waals surface area contributed by atoms with E-state index in [1.54, 1.807) is 0 Å². The van der Waals surface area contributed by atoms with Crippen LogP contribution in [0.1, 0.15) is 17.8 Å². The van der Waals surface area contributed by atoms with Crippen molar-refractivity contribution in [3.05, 3.63) is 23.3 Å². The first-order valence-corrected chi connectivity index (χ1v) is 3.88. The molecule has 0 aliphatic heterocycles. The number of alkyl halides is 3. The SMILES string of the molecule is Nc1c(F)cc(CCl)nc1C(F)F. The molecule has 1 aromatic heterocycles. The first-order valence-electron chi connectivity index (χ1n) is 3.35. The Morgan fingerprint density at radius 1 is 1.54 bits per heavy atom. The lowest BCUT2D eigenvalue weighted by Crippen LogP contribution is -2.04. The second-order valence-electron chi connectivity index (χ2n) is 2.33. The molecule has 72 valence electrons. The van der Waals surface area contributed by atoms with E-state index in [1.807, 2.05) is 0 Å². The fraction of sp³-hybridized carbons (Fsp3) is 0.286. The molecule has 0 saturated carbocycles. The van der Waals surface area contributed by atoms with Gasteiger partial charge in [-0.2, -0.15) is 0 Å². The third-order valence-corrected chi connectivity index (χ3v) is 1.71. The van der Waals surface area contributed by atoms with Crippen molar-refractivity contribution in [3.8, 4) is 0 Å². The van der Waals surface area contributed by atoms with Gasteiger partial charge in [-0.25, -0.2) is 18.2 Å².